The summed E-state index contributed by atoms with van der Waals surface area (Å²) in [5.74, 6) is 0.0352. The molecule has 1 nitrogen and oxygen atoms in total. The van der Waals surface area contributed by atoms with Crippen molar-refractivity contribution in [2.24, 2.45) is 0 Å². The van der Waals surface area contributed by atoms with Crippen molar-refractivity contribution in [3.05, 3.63) is 75.8 Å². The molecule has 90 valence electrons. The van der Waals surface area contributed by atoms with Crippen LogP contribution in [-0.2, 0) is 0 Å². The number of aliphatic hydroxyl groups is 1. The van der Waals surface area contributed by atoms with Crippen LogP contribution in [0.2, 0.25) is 0 Å². The number of aliphatic hydroxyl groups excluding tert-OH is 1. The van der Waals surface area contributed by atoms with Gasteiger partial charge in [0.2, 0.25) is 0 Å². The Hall–Kier alpha value is -1.38. The molecule has 2 heteroatoms. The number of rotatable bonds is 1. The van der Waals surface area contributed by atoms with Gasteiger partial charge in [-0.1, -0.05) is 64.5 Å². The van der Waals surface area contributed by atoms with Gasteiger partial charge in [0.05, 0.1) is 6.10 Å². The molecule has 0 aliphatic heterocycles. The lowest BCUT2D eigenvalue weighted by atomic mass is 9.83. The molecular formula is C16H13BrO. The fraction of sp³-hybridized carbons (Fsp3) is 0.125. The largest absolute Gasteiger partial charge is 0.387 e. The van der Waals surface area contributed by atoms with E-state index in [9.17, 15) is 5.11 Å². The van der Waals surface area contributed by atoms with E-state index < -0.39 is 6.10 Å². The van der Waals surface area contributed by atoms with Crippen molar-refractivity contribution in [1.82, 2.24) is 0 Å². The van der Waals surface area contributed by atoms with Gasteiger partial charge in [-0.15, -0.1) is 0 Å². The monoisotopic (exact) mass is 300 g/mol. The van der Waals surface area contributed by atoms with E-state index in [1.807, 2.05) is 36.4 Å². The molecule has 2 atom stereocenters. The minimum absolute atomic E-state index is 0.0352. The lowest BCUT2D eigenvalue weighted by Crippen LogP contribution is -2.13. The van der Waals surface area contributed by atoms with Crippen LogP contribution >= 0.6 is 15.9 Å². The summed E-state index contributed by atoms with van der Waals surface area (Å²) in [4.78, 5) is 0. The van der Waals surface area contributed by atoms with Crippen LogP contribution < -0.4 is 0 Å². The van der Waals surface area contributed by atoms with E-state index in [2.05, 4.69) is 40.2 Å². The Kier molecular flexibility index (Phi) is 3.06. The number of hydrogen-bond donors (Lipinski definition) is 1. The first-order valence-corrected chi connectivity index (χ1v) is 6.75. The molecule has 0 aromatic heterocycles. The molecule has 18 heavy (non-hydrogen) atoms. The van der Waals surface area contributed by atoms with E-state index in [-0.39, 0.29) is 5.92 Å². The highest BCUT2D eigenvalue weighted by molar-refractivity contribution is 9.10. The molecule has 0 fully saturated rings. The number of halogens is 1. The maximum absolute atomic E-state index is 10.5. The van der Waals surface area contributed by atoms with Crippen molar-refractivity contribution in [3.8, 4) is 0 Å². The third kappa shape index (κ3) is 2.02. The van der Waals surface area contributed by atoms with Gasteiger partial charge < -0.3 is 5.11 Å². The minimum Gasteiger partial charge on any atom is -0.387 e. The lowest BCUT2D eigenvalue weighted by Gasteiger charge is -2.26. The first-order valence-electron chi connectivity index (χ1n) is 5.96. The van der Waals surface area contributed by atoms with Crippen LogP contribution in [0.5, 0.6) is 0 Å². The van der Waals surface area contributed by atoms with Gasteiger partial charge in [-0.3, -0.25) is 0 Å². The summed E-state index contributed by atoms with van der Waals surface area (Å²) in [6, 6.07) is 16.1. The predicted octanol–water partition coefficient (Wildman–Crippen LogP) is 4.29. The number of hydrogen-bond acceptors (Lipinski definition) is 1. The quantitative estimate of drug-likeness (QED) is 0.833. The Morgan fingerprint density at radius 1 is 0.944 bits per heavy atom. The summed E-state index contributed by atoms with van der Waals surface area (Å²) in [6.45, 7) is 0. The molecule has 1 aliphatic carbocycles. The molecule has 0 saturated carbocycles. The zero-order valence-electron chi connectivity index (χ0n) is 9.75. The molecule has 2 aromatic carbocycles. The molecule has 2 aromatic rings. The van der Waals surface area contributed by atoms with Crippen LogP contribution in [0.25, 0.3) is 6.08 Å². The van der Waals surface area contributed by atoms with Gasteiger partial charge >= 0.3 is 0 Å². The molecule has 0 spiro atoms. The molecule has 0 heterocycles. The first-order chi connectivity index (χ1) is 8.75. The fourth-order valence-corrected chi connectivity index (χ4v) is 2.68. The van der Waals surface area contributed by atoms with Crippen molar-refractivity contribution in [1.29, 1.82) is 0 Å². The average molecular weight is 301 g/mol. The second-order valence-electron chi connectivity index (χ2n) is 4.51. The Bertz CT molecular complexity index is 586. The topological polar surface area (TPSA) is 20.2 Å². The molecule has 1 aliphatic rings. The van der Waals surface area contributed by atoms with E-state index in [0.29, 0.717) is 0 Å². The molecule has 0 bridgehead atoms. The summed E-state index contributed by atoms with van der Waals surface area (Å²) in [5, 5.41) is 10.5. The van der Waals surface area contributed by atoms with Gasteiger partial charge in [0, 0.05) is 10.4 Å². The van der Waals surface area contributed by atoms with E-state index in [1.165, 1.54) is 0 Å². The van der Waals surface area contributed by atoms with Crippen LogP contribution in [0.4, 0.5) is 0 Å². The van der Waals surface area contributed by atoms with Crippen LogP contribution in [0.1, 0.15) is 28.7 Å². The average Bonchev–Trinajstić information content (AvgIpc) is 2.41. The third-order valence-corrected chi connectivity index (χ3v) is 3.92. The summed E-state index contributed by atoms with van der Waals surface area (Å²) in [6.07, 6.45) is 3.71. The minimum atomic E-state index is -0.465. The smallest absolute Gasteiger partial charge is 0.0899 e. The summed E-state index contributed by atoms with van der Waals surface area (Å²) < 4.78 is 1.06. The maximum atomic E-state index is 10.5. The normalized spacial score (nSPS) is 21.7. The fourth-order valence-electron chi connectivity index (χ4n) is 2.42. The van der Waals surface area contributed by atoms with Crippen molar-refractivity contribution in [3.63, 3.8) is 0 Å². The highest BCUT2D eigenvalue weighted by atomic mass is 79.9. The second kappa shape index (κ2) is 4.71. The predicted molar refractivity (Wildman–Crippen MR) is 77.3 cm³/mol. The highest BCUT2D eigenvalue weighted by Gasteiger charge is 2.24. The molecule has 3 rings (SSSR count). The van der Waals surface area contributed by atoms with Crippen molar-refractivity contribution in [2.75, 3.05) is 0 Å². The maximum Gasteiger partial charge on any atom is 0.0899 e. The Labute approximate surface area is 115 Å². The van der Waals surface area contributed by atoms with Gasteiger partial charge in [0.25, 0.3) is 0 Å². The summed E-state index contributed by atoms with van der Waals surface area (Å²) >= 11 is 3.43. The molecule has 0 amide bonds. The van der Waals surface area contributed by atoms with Crippen LogP contribution in [0.3, 0.4) is 0 Å². The summed E-state index contributed by atoms with van der Waals surface area (Å²) in [5.41, 5.74) is 3.25. The molecule has 1 N–H and O–H groups in total. The SMILES string of the molecule is O[C@@H]1c2ccccc2C=C[C@@H]1c1ccc(Br)cc1. The zero-order chi connectivity index (χ0) is 12.5. The Morgan fingerprint density at radius 2 is 1.67 bits per heavy atom. The molecule has 0 saturated heterocycles. The number of fused-ring (bicyclic) bond motifs is 1. The second-order valence-corrected chi connectivity index (χ2v) is 5.43. The van der Waals surface area contributed by atoms with Crippen LogP contribution in [-0.4, -0.2) is 5.11 Å². The molecule has 0 radical (unpaired) electrons. The Balaban J connectivity index is 2.00. The van der Waals surface area contributed by atoms with Crippen LogP contribution in [0, 0.1) is 0 Å². The standard InChI is InChI=1S/C16H13BrO/c17-13-8-5-12(6-9-13)15-10-7-11-3-1-2-4-14(11)16(15)18/h1-10,15-16,18H/t15-,16-/m1/s1. The van der Waals surface area contributed by atoms with Crippen molar-refractivity contribution < 1.29 is 5.11 Å². The Morgan fingerprint density at radius 3 is 2.44 bits per heavy atom. The molecule has 0 unspecified atom stereocenters. The third-order valence-electron chi connectivity index (χ3n) is 3.39. The first kappa shape index (κ1) is 11.7. The highest BCUT2D eigenvalue weighted by Crippen LogP contribution is 2.38. The van der Waals surface area contributed by atoms with E-state index in [0.717, 1.165) is 21.2 Å². The van der Waals surface area contributed by atoms with E-state index >= 15 is 0 Å². The van der Waals surface area contributed by atoms with E-state index in [4.69, 9.17) is 0 Å². The molecular weight excluding hydrogens is 288 g/mol. The van der Waals surface area contributed by atoms with Gasteiger partial charge in [-0.2, -0.15) is 0 Å². The lowest BCUT2D eigenvalue weighted by molar-refractivity contribution is 0.160. The van der Waals surface area contributed by atoms with Gasteiger partial charge in [-0.05, 0) is 28.8 Å². The van der Waals surface area contributed by atoms with E-state index in [1.54, 1.807) is 0 Å². The van der Waals surface area contributed by atoms with Gasteiger partial charge in [0.15, 0.2) is 0 Å². The number of benzene rings is 2. The van der Waals surface area contributed by atoms with Gasteiger partial charge in [0.1, 0.15) is 0 Å². The van der Waals surface area contributed by atoms with Crippen LogP contribution in [0.15, 0.2) is 59.1 Å². The summed E-state index contributed by atoms with van der Waals surface area (Å²) in [7, 11) is 0. The van der Waals surface area contributed by atoms with Crippen molar-refractivity contribution >= 4 is 22.0 Å². The van der Waals surface area contributed by atoms with Gasteiger partial charge in [-0.25, -0.2) is 0 Å². The van der Waals surface area contributed by atoms with Crippen molar-refractivity contribution in [2.45, 2.75) is 12.0 Å². The zero-order valence-corrected chi connectivity index (χ0v) is 11.3.